The summed E-state index contributed by atoms with van der Waals surface area (Å²) in [7, 11) is 2.82. The van der Waals surface area contributed by atoms with Gasteiger partial charge in [0.15, 0.2) is 17.4 Å². The fourth-order valence-corrected chi connectivity index (χ4v) is 2.85. The lowest BCUT2D eigenvalue weighted by Crippen LogP contribution is -2.51. The largest absolute Gasteiger partial charge is 0.388 e. The number of rotatable bonds is 1. The van der Waals surface area contributed by atoms with Gasteiger partial charge in [-0.2, -0.15) is 0 Å². The van der Waals surface area contributed by atoms with Gasteiger partial charge in [0.2, 0.25) is 0 Å². The van der Waals surface area contributed by atoms with Gasteiger partial charge < -0.3 is 20.1 Å². The summed E-state index contributed by atoms with van der Waals surface area (Å²) in [6, 6.07) is 0. The normalized spacial score (nSPS) is 28.4. The summed E-state index contributed by atoms with van der Waals surface area (Å²) in [4.78, 5) is 28.7. The molecule has 2 aromatic rings. The van der Waals surface area contributed by atoms with E-state index in [0.717, 1.165) is 4.57 Å². The molecule has 23 heavy (non-hydrogen) atoms. The maximum Gasteiger partial charge on any atom is 0.332 e. The standard InChI is InChI=1S/C13H18N4O6/c1-5-14-10-7(11(21)16(3)13(22)15(10)2)17(5)12-9(20)8(19)6(18)4-23-12/h6,8-9,12,18-20H,4H2,1-3H3/t6-,8+,9-,12-/m1/s1. The SMILES string of the molecule is Cc1nc2c(c(=O)n(C)c(=O)n2C)n1[C@@H]1OC[C@@H](O)[C@H](O)[C@H]1O. The van der Waals surface area contributed by atoms with Crippen LogP contribution in [0.25, 0.3) is 11.2 Å². The molecule has 2 aromatic heterocycles. The van der Waals surface area contributed by atoms with E-state index in [9.17, 15) is 24.9 Å². The third-order valence-corrected chi connectivity index (χ3v) is 4.20. The topological polar surface area (TPSA) is 132 Å². The molecule has 0 radical (unpaired) electrons. The zero-order valence-corrected chi connectivity index (χ0v) is 12.9. The number of hydrogen-bond donors (Lipinski definition) is 3. The molecule has 0 aromatic carbocycles. The van der Waals surface area contributed by atoms with Crippen molar-refractivity contribution in [3.8, 4) is 0 Å². The molecule has 10 nitrogen and oxygen atoms in total. The van der Waals surface area contributed by atoms with Crippen molar-refractivity contribution in [2.45, 2.75) is 31.5 Å². The molecule has 126 valence electrons. The summed E-state index contributed by atoms with van der Waals surface area (Å²) >= 11 is 0. The first-order chi connectivity index (χ1) is 10.8. The summed E-state index contributed by atoms with van der Waals surface area (Å²) < 4.78 is 8.90. The molecule has 0 bridgehead atoms. The van der Waals surface area contributed by atoms with Crippen molar-refractivity contribution in [3.05, 3.63) is 26.7 Å². The van der Waals surface area contributed by atoms with Crippen molar-refractivity contribution < 1.29 is 20.1 Å². The summed E-state index contributed by atoms with van der Waals surface area (Å²) in [5, 5.41) is 29.6. The number of hydrogen-bond acceptors (Lipinski definition) is 7. The molecule has 1 fully saturated rings. The zero-order valence-electron chi connectivity index (χ0n) is 12.9. The Labute approximate surface area is 129 Å². The van der Waals surface area contributed by atoms with Gasteiger partial charge in [-0.1, -0.05) is 0 Å². The van der Waals surface area contributed by atoms with E-state index in [1.54, 1.807) is 6.92 Å². The minimum atomic E-state index is -1.45. The molecular weight excluding hydrogens is 308 g/mol. The molecule has 3 rings (SSSR count). The quantitative estimate of drug-likeness (QED) is 0.521. The average molecular weight is 326 g/mol. The van der Waals surface area contributed by atoms with Gasteiger partial charge in [0.25, 0.3) is 5.56 Å². The molecule has 1 saturated heterocycles. The van der Waals surface area contributed by atoms with Crippen LogP contribution < -0.4 is 11.2 Å². The van der Waals surface area contributed by atoms with Gasteiger partial charge >= 0.3 is 5.69 Å². The third-order valence-electron chi connectivity index (χ3n) is 4.20. The molecule has 1 aliphatic heterocycles. The summed E-state index contributed by atoms with van der Waals surface area (Å²) in [5.41, 5.74) is -0.861. The van der Waals surface area contributed by atoms with Gasteiger partial charge in [-0.25, -0.2) is 9.78 Å². The van der Waals surface area contributed by atoms with E-state index in [-0.39, 0.29) is 17.8 Å². The van der Waals surface area contributed by atoms with Crippen LogP contribution in [0.1, 0.15) is 12.1 Å². The molecule has 1 aliphatic rings. The molecule has 3 N–H and O–H groups in total. The van der Waals surface area contributed by atoms with Crippen LogP contribution in [0.3, 0.4) is 0 Å². The number of aryl methyl sites for hydroxylation is 2. The number of aliphatic hydroxyl groups excluding tert-OH is 3. The minimum absolute atomic E-state index is 0.0831. The van der Waals surface area contributed by atoms with Crippen molar-refractivity contribution in [1.82, 2.24) is 18.7 Å². The predicted octanol–water partition coefficient (Wildman–Crippen LogP) is -2.65. The fraction of sp³-hybridized carbons (Fsp3) is 0.615. The number of nitrogens with zero attached hydrogens (tertiary/aromatic N) is 4. The smallest absolute Gasteiger partial charge is 0.332 e. The molecular formula is C13H18N4O6. The number of ether oxygens (including phenoxy) is 1. The first-order valence-electron chi connectivity index (χ1n) is 7.06. The van der Waals surface area contributed by atoms with E-state index in [4.69, 9.17) is 4.74 Å². The number of imidazole rings is 1. The van der Waals surface area contributed by atoms with Gasteiger partial charge in [-0.3, -0.25) is 18.5 Å². The summed E-state index contributed by atoms with van der Waals surface area (Å²) in [6.07, 6.45) is -5.18. The second-order valence-electron chi connectivity index (χ2n) is 5.68. The Hall–Kier alpha value is -2.01. The van der Waals surface area contributed by atoms with Crippen molar-refractivity contribution in [2.75, 3.05) is 6.61 Å². The van der Waals surface area contributed by atoms with Crippen LogP contribution in [0, 0.1) is 6.92 Å². The molecule has 0 aliphatic carbocycles. The van der Waals surface area contributed by atoms with E-state index < -0.39 is 35.8 Å². The minimum Gasteiger partial charge on any atom is -0.388 e. The Balaban J connectivity index is 2.29. The number of aliphatic hydroxyl groups is 3. The van der Waals surface area contributed by atoms with E-state index in [1.807, 2.05) is 0 Å². The highest BCUT2D eigenvalue weighted by Gasteiger charge is 2.40. The van der Waals surface area contributed by atoms with Crippen LogP contribution in [0.15, 0.2) is 9.59 Å². The summed E-state index contributed by atoms with van der Waals surface area (Å²) in [5.74, 6) is 0.339. The molecule has 4 atom stereocenters. The van der Waals surface area contributed by atoms with Crippen LogP contribution in [-0.4, -0.2) is 58.9 Å². The van der Waals surface area contributed by atoms with Crippen molar-refractivity contribution >= 4 is 11.2 Å². The molecule has 0 spiro atoms. The van der Waals surface area contributed by atoms with Crippen LogP contribution in [0.2, 0.25) is 0 Å². The highest BCUT2D eigenvalue weighted by atomic mass is 16.5. The van der Waals surface area contributed by atoms with Crippen LogP contribution in [0.5, 0.6) is 0 Å². The Morgan fingerprint density at radius 1 is 1.13 bits per heavy atom. The molecule has 10 heteroatoms. The lowest BCUT2D eigenvalue weighted by Gasteiger charge is -2.36. The van der Waals surface area contributed by atoms with E-state index in [1.165, 1.54) is 23.2 Å². The first kappa shape index (κ1) is 15.9. The highest BCUT2D eigenvalue weighted by molar-refractivity contribution is 5.71. The number of aromatic nitrogens is 4. The Morgan fingerprint density at radius 2 is 1.78 bits per heavy atom. The maximum absolute atomic E-state index is 12.5. The van der Waals surface area contributed by atoms with Crippen molar-refractivity contribution in [3.63, 3.8) is 0 Å². The monoisotopic (exact) mass is 326 g/mol. The van der Waals surface area contributed by atoms with Gasteiger partial charge in [0, 0.05) is 14.1 Å². The lowest BCUT2D eigenvalue weighted by molar-refractivity contribution is -0.210. The van der Waals surface area contributed by atoms with Crippen LogP contribution in [-0.2, 0) is 18.8 Å². The predicted molar refractivity (Wildman–Crippen MR) is 78.0 cm³/mol. The van der Waals surface area contributed by atoms with Crippen molar-refractivity contribution in [2.24, 2.45) is 14.1 Å². The second kappa shape index (κ2) is 5.27. The van der Waals surface area contributed by atoms with Gasteiger partial charge in [0.05, 0.1) is 6.61 Å². The molecule has 0 unspecified atom stereocenters. The first-order valence-corrected chi connectivity index (χ1v) is 7.06. The van der Waals surface area contributed by atoms with Crippen LogP contribution in [0.4, 0.5) is 0 Å². The summed E-state index contributed by atoms with van der Waals surface area (Å²) in [6.45, 7) is 1.39. The molecule has 0 amide bonds. The van der Waals surface area contributed by atoms with Gasteiger partial charge in [-0.15, -0.1) is 0 Å². The van der Waals surface area contributed by atoms with Crippen LogP contribution >= 0.6 is 0 Å². The van der Waals surface area contributed by atoms with Gasteiger partial charge in [-0.05, 0) is 6.92 Å². The Kier molecular flexibility index (Phi) is 3.64. The van der Waals surface area contributed by atoms with Crippen molar-refractivity contribution in [1.29, 1.82) is 0 Å². The van der Waals surface area contributed by atoms with Gasteiger partial charge in [0.1, 0.15) is 24.1 Å². The lowest BCUT2D eigenvalue weighted by atomic mass is 10.0. The zero-order chi connectivity index (χ0) is 17.0. The van der Waals surface area contributed by atoms with E-state index in [0.29, 0.717) is 5.82 Å². The Morgan fingerprint density at radius 3 is 2.43 bits per heavy atom. The maximum atomic E-state index is 12.5. The average Bonchev–Trinajstić information content (AvgIpc) is 2.86. The Bertz CT molecular complexity index is 881. The second-order valence-corrected chi connectivity index (χ2v) is 5.68. The van der Waals surface area contributed by atoms with E-state index >= 15 is 0 Å². The third kappa shape index (κ3) is 2.14. The molecule has 3 heterocycles. The molecule has 0 saturated carbocycles. The fourth-order valence-electron chi connectivity index (χ4n) is 2.85. The number of fused-ring (bicyclic) bond motifs is 1. The van der Waals surface area contributed by atoms with E-state index in [2.05, 4.69) is 4.98 Å². The highest BCUT2D eigenvalue weighted by Crippen LogP contribution is 2.27.